The fraction of sp³-hybridized carbons (Fsp3) is 0.455. The van der Waals surface area contributed by atoms with Crippen molar-refractivity contribution in [2.24, 2.45) is 5.73 Å². The summed E-state index contributed by atoms with van der Waals surface area (Å²) in [5.41, 5.74) is 6.00. The van der Waals surface area contributed by atoms with Gasteiger partial charge in [-0.05, 0) is 30.2 Å². The van der Waals surface area contributed by atoms with Crippen LogP contribution in [-0.4, -0.2) is 34.4 Å². The second-order valence-electron chi connectivity index (χ2n) is 4.68. The quantitative estimate of drug-likeness (QED) is 0.819. The molecule has 1 aromatic carbocycles. The lowest BCUT2D eigenvalue weighted by Crippen LogP contribution is -2.35. The average molecular weight is 339 g/mol. The monoisotopic (exact) mass is 338 g/mol. The molecule has 0 spiro atoms. The van der Waals surface area contributed by atoms with Crippen molar-refractivity contribution >= 4 is 31.5 Å². The van der Waals surface area contributed by atoms with Crippen molar-refractivity contribution in [1.29, 1.82) is 0 Å². The zero-order chi connectivity index (χ0) is 15.0. The third-order valence-corrected chi connectivity index (χ3v) is 6.76. The lowest BCUT2D eigenvalue weighted by Gasteiger charge is -2.12. The van der Waals surface area contributed by atoms with Crippen LogP contribution in [0.1, 0.15) is 12.0 Å². The maximum absolute atomic E-state index is 12.2. The molecule has 0 aromatic heterocycles. The molecule has 0 saturated carbocycles. The molecule has 1 aromatic rings. The second-order valence-corrected chi connectivity index (χ2v) is 9.03. The number of hydrogen-bond acceptors (Lipinski definition) is 5. The fourth-order valence-corrected chi connectivity index (χ4v) is 5.34. The van der Waals surface area contributed by atoms with Gasteiger partial charge in [-0.3, -0.25) is 0 Å². The van der Waals surface area contributed by atoms with Gasteiger partial charge in [0.2, 0.25) is 10.0 Å². The Morgan fingerprint density at radius 2 is 2.10 bits per heavy atom. The molecule has 1 atom stereocenters. The first-order valence-electron chi connectivity index (χ1n) is 5.95. The summed E-state index contributed by atoms with van der Waals surface area (Å²) in [7, 11) is -6.91. The Hall–Kier alpha value is -0.670. The number of halogens is 1. The van der Waals surface area contributed by atoms with E-state index in [2.05, 4.69) is 4.72 Å². The van der Waals surface area contributed by atoms with Gasteiger partial charge in [0.25, 0.3) is 0 Å². The number of sulfonamides is 1. The molecule has 0 amide bonds. The Morgan fingerprint density at radius 1 is 1.40 bits per heavy atom. The van der Waals surface area contributed by atoms with Gasteiger partial charge in [0.05, 0.1) is 16.4 Å². The predicted molar refractivity (Wildman–Crippen MR) is 76.7 cm³/mol. The van der Waals surface area contributed by atoms with E-state index in [1.807, 2.05) is 0 Å². The third-order valence-electron chi connectivity index (χ3n) is 3.10. The number of sulfone groups is 1. The molecule has 6 nitrogen and oxygen atoms in total. The van der Waals surface area contributed by atoms with Crippen molar-refractivity contribution < 1.29 is 16.8 Å². The summed E-state index contributed by atoms with van der Waals surface area (Å²) in [4.78, 5) is 0.0339. The summed E-state index contributed by atoms with van der Waals surface area (Å²) in [5.74, 6) is -0.154. The highest BCUT2D eigenvalue weighted by atomic mass is 35.5. The molecular formula is C11H15ClN2O4S2. The van der Waals surface area contributed by atoms with E-state index < -0.39 is 25.9 Å². The van der Waals surface area contributed by atoms with Crippen LogP contribution in [0.2, 0.25) is 5.02 Å². The zero-order valence-corrected chi connectivity index (χ0v) is 12.9. The Balaban J connectivity index is 2.23. The number of nitrogens with two attached hydrogens (primary N) is 1. The third kappa shape index (κ3) is 3.50. The molecule has 20 heavy (non-hydrogen) atoms. The van der Waals surface area contributed by atoms with Crippen LogP contribution in [0, 0.1) is 0 Å². The average Bonchev–Trinajstić information content (AvgIpc) is 2.68. The minimum Gasteiger partial charge on any atom is -0.326 e. The molecule has 112 valence electrons. The van der Waals surface area contributed by atoms with E-state index in [9.17, 15) is 16.8 Å². The molecule has 0 bridgehead atoms. The molecule has 1 aliphatic heterocycles. The van der Waals surface area contributed by atoms with Crippen molar-refractivity contribution in [1.82, 2.24) is 4.72 Å². The van der Waals surface area contributed by atoms with E-state index in [1.165, 1.54) is 18.2 Å². The summed E-state index contributed by atoms with van der Waals surface area (Å²) >= 11 is 5.88. The minimum absolute atomic E-state index is 0.00878. The van der Waals surface area contributed by atoms with Crippen LogP contribution in [0.25, 0.3) is 0 Å². The highest BCUT2D eigenvalue weighted by molar-refractivity contribution is 7.92. The first-order chi connectivity index (χ1) is 9.23. The van der Waals surface area contributed by atoms with Crippen molar-refractivity contribution in [3.63, 3.8) is 0 Å². The van der Waals surface area contributed by atoms with Gasteiger partial charge in [-0.2, -0.15) is 0 Å². The first-order valence-corrected chi connectivity index (χ1v) is 9.63. The lowest BCUT2D eigenvalue weighted by atomic mass is 10.2. The molecule has 9 heteroatoms. The second kappa shape index (κ2) is 5.61. The van der Waals surface area contributed by atoms with Crippen LogP contribution < -0.4 is 10.5 Å². The van der Waals surface area contributed by atoms with Gasteiger partial charge in [-0.15, -0.1) is 0 Å². The van der Waals surface area contributed by atoms with Gasteiger partial charge in [0, 0.05) is 17.6 Å². The van der Waals surface area contributed by atoms with E-state index in [4.69, 9.17) is 17.3 Å². The van der Waals surface area contributed by atoms with E-state index in [0.717, 1.165) is 0 Å². The summed E-state index contributed by atoms with van der Waals surface area (Å²) in [6.07, 6.45) is 0.291. The van der Waals surface area contributed by atoms with Gasteiger partial charge in [0.1, 0.15) is 0 Å². The van der Waals surface area contributed by atoms with Crippen LogP contribution in [0.15, 0.2) is 23.1 Å². The molecule has 3 N–H and O–H groups in total. The topological polar surface area (TPSA) is 106 Å². The van der Waals surface area contributed by atoms with Gasteiger partial charge < -0.3 is 5.73 Å². The first kappa shape index (κ1) is 15.7. The molecule has 0 radical (unpaired) electrons. The molecule has 1 fully saturated rings. The highest BCUT2D eigenvalue weighted by Crippen LogP contribution is 2.21. The van der Waals surface area contributed by atoms with E-state index >= 15 is 0 Å². The largest absolute Gasteiger partial charge is 0.326 e. The standard InChI is InChI=1S/C11H15ClN2O4S2/c12-11-2-1-10(5-8(11)6-13)20(17,18)14-9-3-4-19(15,16)7-9/h1-2,5,9,14H,3-4,6-7,13H2. The van der Waals surface area contributed by atoms with Gasteiger partial charge in [-0.1, -0.05) is 11.6 Å². The number of rotatable bonds is 4. The Morgan fingerprint density at radius 3 is 2.65 bits per heavy atom. The van der Waals surface area contributed by atoms with Crippen LogP contribution in [0.4, 0.5) is 0 Å². The van der Waals surface area contributed by atoms with Gasteiger partial charge in [-0.25, -0.2) is 21.6 Å². The number of nitrogens with one attached hydrogen (secondary N) is 1. The Bertz CT molecular complexity index is 716. The Kier molecular flexibility index (Phi) is 4.41. The maximum Gasteiger partial charge on any atom is 0.240 e. The van der Waals surface area contributed by atoms with Crippen LogP contribution in [0.3, 0.4) is 0 Å². The zero-order valence-electron chi connectivity index (χ0n) is 10.5. The van der Waals surface area contributed by atoms with Crippen molar-refractivity contribution in [2.45, 2.75) is 23.9 Å². The van der Waals surface area contributed by atoms with Crippen LogP contribution in [0.5, 0.6) is 0 Å². The molecule has 0 aliphatic carbocycles. The smallest absolute Gasteiger partial charge is 0.240 e. The number of hydrogen-bond donors (Lipinski definition) is 2. The predicted octanol–water partition coefficient (Wildman–Crippen LogP) is 0.264. The summed E-state index contributed by atoms with van der Waals surface area (Å²) in [5, 5.41) is 0.398. The number of benzene rings is 1. The molecule has 1 unspecified atom stereocenters. The summed E-state index contributed by atoms with van der Waals surface area (Å²) in [6.45, 7) is 0.125. The van der Waals surface area contributed by atoms with Crippen LogP contribution in [-0.2, 0) is 26.4 Å². The SMILES string of the molecule is NCc1cc(S(=O)(=O)NC2CCS(=O)(=O)C2)ccc1Cl. The van der Waals surface area contributed by atoms with Gasteiger partial charge in [0.15, 0.2) is 9.84 Å². The minimum atomic E-state index is -3.77. The lowest BCUT2D eigenvalue weighted by molar-refractivity contribution is 0.562. The van der Waals surface area contributed by atoms with Crippen molar-refractivity contribution in [2.75, 3.05) is 11.5 Å². The molecule has 1 saturated heterocycles. The van der Waals surface area contributed by atoms with E-state index in [0.29, 0.717) is 17.0 Å². The van der Waals surface area contributed by atoms with E-state index in [-0.39, 0.29) is 22.9 Å². The normalized spacial score (nSPS) is 22.0. The van der Waals surface area contributed by atoms with Crippen molar-refractivity contribution in [3.05, 3.63) is 28.8 Å². The summed E-state index contributed by atoms with van der Waals surface area (Å²) in [6, 6.07) is 3.65. The van der Waals surface area contributed by atoms with Gasteiger partial charge >= 0.3 is 0 Å². The van der Waals surface area contributed by atoms with E-state index in [1.54, 1.807) is 0 Å². The molecule has 2 rings (SSSR count). The maximum atomic E-state index is 12.2. The molecular weight excluding hydrogens is 324 g/mol. The highest BCUT2D eigenvalue weighted by Gasteiger charge is 2.31. The fourth-order valence-electron chi connectivity index (χ4n) is 2.05. The summed E-state index contributed by atoms with van der Waals surface area (Å²) < 4.78 is 49.5. The van der Waals surface area contributed by atoms with Crippen molar-refractivity contribution in [3.8, 4) is 0 Å². The molecule has 1 aliphatic rings. The van der Waals surface area contributed by atoms with Crippen LogP contribution >= 0.6 is 11.6 Å². The Labute approximate surface area is 123 Å². The molecule has 1 heterocycles.